The Bertz CT molecular complexity index is 1420. The molecule has 0 bridgehead atoms. The molecule has 0 aromatic heterocycles. The van der Waals surface area contributed by atoms with Crippen molar-refractivity contribution in [2.24, 2.45) is 0 Å². The maximum Gasteiger partial charge on any atom is 0.347 e. The van der Waals surface area contributed by atoms with Crippen molar-refractivity contribution in [3.05, 3.63) is 89.0 Å². The number of esters is 2. The van der Waals surface area contributed by atoms with Crippen molar-refractivity contribution in [1.29, 1.82) is 5.26 Å². The average Bonchev–Trinajstić information content (AvgIpc) is 2.82. The second-order valence-electron chi connectivity index (χ2n) is 7.11. The number of nitrogens with two attached hydrogens (primary N) is 1. The molecule has 0 spiro atoms. The molecule has 3 rings (SSSR count). The molecule has 0 aliphatic rings. The Morgan fingerprint density at radius 1 is 0.892 bits per heavy atom. The van der Waals surface area contributed by atoms with E-state index in [0.717, 1.165) is 0 Å². The summed E-state index contributed by atoms with van der Waals surface area (Å²) >= 11 is 0. The minimum Gasteiger partial charge on any atom is -0.508 e. The first kappa shape index (κ1) is 27.6. The number of nitrogens with zero attached hydrogens (tertiary/aromatic N) is 1. The van der Waals surface area contributed by atoms with E-state index >= 15 is 0 Å². The van der Waals surface area contributed by atoms with Crippen LogP contribution in [0.25, 0.3) is 6.08 Å². The first-order chi connectivity index (χ1) is 17.5. The lowest BCUT2D eigenvalue weighted by molar-refractivity contribution is -0.133. The van der Waals surface area contributed by atoms with Gasteiger partial charge in [-0.15, -0.1) is 0 Å². The smallest absolute Gasteiger partial charge is 0.347 e. The molecule has 0 fully saturated rings. The molecular formula is C26H20N2O9. The van der Waals surface area contributed by atoms with Crippen LogP contribution in [-0.2, 0) is 9.59 Å². The molecule has 5 N–H and O–H groups in total. The van der Waals surface area contributed by atoms with Gasteiger partial charge in [0.15, 0.2) is 0 Å². The summed E-state index contributed by atoms with van der Waals surface area (Å²) < 4.78 is 10.0. The van der Waals surface area contributed by atoms with Crippen molar-refractivity contribution >= 4 is 35.6 Å². The quantitative estimate of drug-likeness (QED) is 0.126. The van der Waals surface area contributed by atoms with Crippen molar-refractivity contribution in [2.75, 3.05) is 5.73 Å². The second-order valence-corrected chi connectivity index (χ2v) is 7.11. The number of nitrogen functional groups attached to an aromatic ring is 1. The van der Waals surface area contributed by atoms with Crippen LogP contribution in [0, 0.1) is 11.3 Å². The molecule has 11 nitrogen and oxygen atoms in total. The van der Waals surface area contributed by atoms with E-state index in [0.29, 0.717) is 5.56 Å². The fourth-order valence-corrected chi connectivity index (χ4v) is 2.76. The molecule has 0 radical (unpaired) electrons. The number of aromatic carboxylic acids is 1. The summed E-state index contributed by atoms with van der Waals surface area (Å²) in [4.78, 5) is 44.9. The van der Waals surface area contributed by atoms with Crippen molar-refractivity contribution in [3.63, 3.8) is 0 Å². The van der Waals surface area contributed by atoms with Crippen LogP contribution in [0.5, 0.6) is 17.2 Å². The number of rotatable bonds is 6. The van der Waals surface area contributed by atoms with Crippen LogP contribution in [0.2, 0.25) is 0 Å². The number of carboxylic acids is 2. The second kappa shape index (κ2) is 12.7. The van der Waals surface area contributed by atoms with E-state index < -0.39 is 23.9 Å². The van der Waals surface area contributed by atoms with Crippen LogP contribution in [-0.4, -0.2) is 39.2 Å². The maximum absolute atomic E-state index is 12.3. The van der Waals surface area contributed by atoms with Gasteiger partial charge >= 0.3 is 23.9 Å². The van der Waals surface area contributed by atoms with Crippen LogP contribution < -0.4 is 15.2 Å². The molecule has 0 amide bonds. The Balaban J connectivity index is 0.000000294. The monoisotopic (exact) mass is 504 g/mol. The molecule has 0 aliphatic carbocycles. The lowest BCUT2D eigenvalue weighted by Gasteiger charge is -2.10. The summed E-state index contributed by atoms with van der Waals surface area (Å²) in [5, 5.41) is 35.2. The highest BCUT2D eigenvalue weighted by Crippen LogP contribution is 2.25. The number of hydrogen-bond donors (Lipinski definition) is 4. The lowest BCUT2D eigenvalue weighted by Crippen LogP contribution is -2.14. The number of phenolic OH excluding ortho intramolecular Hbond substituents is 1. The molecule has 0 aliphatic heterocycles. The molecular weight excluding hydrogens is 484 g/mol. The molecule has 3 aromatic rings. The van der Waals surface area contributed by atoms with Crippen LogP contribution in [0.1, 0.15) is 33.2 Å². The third-order valence-corrected chi connectivity index (χ3v) is 4.33. The van der Waals surface area contributed by atoms with Crippen LogP contribution in [0.15, 0.2) is 72.3 Å². The Kier molecular flexibility index (Phi) is 9.50. The Morgan fingerprint density at radius 2 is 1.59 bits per heavy atom. The summed E-state index contributed by atoms with van der Waals surface area (Å²) in [6, 6.07) is 17.4. The molecule has 37 heavy (non-hydrogen) atoms. The van der Waals surface area contributed by atoms with Crippen LogP contribution in [0.4, 0.5) is 5.69 Å². The molecule has 11 heteroatoms. The number of carbonyl (C=O) groups excluding carboxylic acids is 2. The zero-order valence-electron chi connectivity index (χ0n) is 19.2. The van der Waals surface area contributed by atoms with Crippen LogP contribution in [0.3, 0.4) is 0 Å². The highest BCUT2D eigenvalue weighted by molar-refractivity contribution is 5.98. The molecule has 188 valence electrons. The lowest BCUT2D eigenvalue weighted by atomic mass is 10.1. The average molecular weight is 504 g/mol. The van der Waals surface area contributed by atoms with Crippen LogP contribution >= 0.6 is 0 Å². The predicted molar refractivity (Wildman–Crippen MR) is 130 cm³/mol. The summed E-state index contributed by atoms with van der Waals surface area (Å²) in [5.41, 5.74) is 5.71. The number of aromatic hydroxyl groups is 1. The van der Waals surface area contributed by atoms with E-state index in [4.69, 9.17) is 35.8 Å². The van der Waals surface area contributed by atoms with Gasteiger partial charge in [-0.2, -0.15) is 5.26 Å². The number of phenols is 1. The molecule has 0 saturated heterocycles. The van der Waals surface area contributed by atoms with E-state index in [2.05, 4.69) is 0 Å². The van der Waals surface area contributed by atoms with Gasteiger partial charge in [0.05, 0.1) is 0 Å². The summed E-state index contributed by atoms with van der Waals surface area (Å²) in [6.45, 7) is 1.20. The van der Waals surface area contributed by atoms with Gasteiger partial charge in [-0.25, -0.2) is 14.4 Å². The third-order valence-electron chi connectivity index (χ3n) is 4.33. The van der Waals surface area contributed by atoms with E-state index in [9.17, 15) is 19.2 Å². The Labute approximate surface area is 210 Å². The number of carboxylic acid groups (broad SMARTS) is 2. The fourth-order valence-electron chi connectivity index (χ4n) is 2.76. The van der Waals surface area contributed by atoms with Crippen molar-refractivity contribution in [3.8, 4) is 23.3 Å². The Hall–Kier alpha value is -5.63. The molecule has 3 aromatic carbocycles. The highest BCUT2D eigenvalue weighted by atomic mass is 16.6. The normalized spacial score (nSPS) is 10.2. The van der Waals surface area contributed by atoms with Crippen molar-refractivity contribution in [2.45, 2.75) is 6.92 Å². The minimum atomic E-state index is -1.28. The molecule has 0 atom stereocenters. The van der Waals surface area contributed by atoms with E-state index in [1.54, 1.807) is 30.3 Å². The van der Waals surface area contributed by atoms with Crippen molar-refractivity contribution < 1.29 is 44.0 Å². The maximum atomic E-state index is 12.3. The van der Waals surface area contributed by atoms with E-state index in [1.165, 1.54) is 55.5 Å². The summed E-state index contributed by atoms with van der Waals surface area (Å²) in [6.07, 6.45) is 1.20. The number of hydrogen-bond acceptors (Lipinski definition) is 9. The fraction of sp³-hybridized carbons (Fsp3) is 0.0385. The summed E-state index contributed by atoms with van der Waals surface area (Å²) in [5.74, 6) is -4.15. The summed E-state index contributed by atoms with van der Waals surface area (Å²) in [7, 11) is 0. The predicted octanol–water partition coefficient (Wildman–Crippen LogP) is 3.50. The number of carbonyl (C=O) groups is 4. The van der Waals surface area contributed by atoms with Gasteiger partial charge in [0.25, 0.3) is 0 Å². The highest BCUT2D eigenvalue weighted by Gasteiger charge is 2.19. The van der Waals surface area contributed by atoms with Gasteiger partial charge in [0, 0.05) is 18.7 Å². The minimum absolute atomic E-state index is 0.0125. The van der Waals surface area contributed by atoms with Gasteiger partial charge in [-0.05, 0) is 48.0 Å². The molecule has 0 heterocycles. The Morgan fingerprint density at radius 3 is 2.19 bits per heavy atom. The van der Waals surface area contributed by atoms with Gasteiger partial charge in [0.1, 0.15) is 40.0 Å². The third kappa shape index (κ3) is 8.27. The standard InChI is InChI=1S/C16H13NO6.C10H7NO3/c1-9(18)22-13-5-3-2-4-12(13)16(21)23-14-8-10(17)6-7-11(14)15(19)20;11-6-8(10(13)14)4-7-2-1-3-9(12)5-7/h2-8H,17H2,1H3,(H,19,20);1-5,12H,(H,13,14). The first-order valence-corrected chi connectivity index (χ1v) is 10.3. The number of anilines is 1. The van der Waals surface area contributed by atoms with E-state index in [1.807, 2.05) is 0 Å². The van der Waals surface area contributed by atoms with Gasteiger partial charge in [-0.1, -0.05) is 24.3 Å². The SMILES string of the molecule is CC(=O)Oc1ccccc1C(=O)Oc1cc(N)ccc1C(=O)O.N#CC(=Cc1cccc(O)c1)C(=O)O. The number of nitriles is 1. The largest absolute Gasteiger partial charge is 0.508 e. The van der Waals surface area contributed by atoms with Gasteiger partial charge in [-0.3, -0.25) is 4.79 Å². The number of ether oxygens (including phenoxy) is 2. The van der Waals surface area contributed by atoms with Gasteiger partial charge < -0.3 is 30.5 Å². The van der Waals surface area contributed by atoms with Gasteiger partial charge in [0.2, 0.25) is 0 Å². The van der Waals surface area contributed by atoms with E-state index in [-0.39, 0.29) is 39.6 Å². The topological polar surface area (TPSA) is 197 Å². The number of benzene rings is 3. The van der Waals surface area contributed by atoms with Crippen molar-refractivity contribution in [1.82, 2.24) is 0 Å². The molecule has 0 saturated carbocycles. The molecule has 0 unspecified atom stereocenters. The zero-order chi connectivity index (χ0) is 27.5. The number of para-hydroxylation sites is 1. The first-order valence-electron chi connectivity index (χ1n) is 10.3. The number of aliphatic carboxylic acids is 1. The zero-order valence-corrected chi connectivity index (χ0v) is 19.2.